The summed E-state index contributed by atoms with van der Waals surface area (Å²) < 4.78 is 2.41. The Hall–Kier alpha value is -8.72. The summed E-state index contributed by atoms with van der Waals surface area (Å²) in [5.41, 5.74) is 21.9. The molecule has 69 heavy (non-hydrogen) atoms. The molecule has 12 aromatic rings. The van der Waals surface area contributed by atoms with Crippen molar-refractivity contribution in [2.45, 2.75) is 19.3 Å². The first-order chi connectivity index (χ1) is 34.0. The normalized spacial score (nSPS) is 12.6. The number of fused-ring (bicyclic) bond motifs is 7. The van der Waals surface area contributed by atoms with Crippen molar-refractivity contribution in [3.8, 4) is 61.3 Å². The Kier molecular flexibility index (Phi) is 9.55. The number of hydrogen-bond donors (Lipinski definition) is 0. The minimum atomic E-state index is -0.0972. The third-order valence-electron chi connectivity index (χ3n) is 14.6. The SMILES string of the molecule is CC1(C)c2ccccc2-c2cccc(-c3ccc(N(c4ccc(-c5ccc(-c6ccccc6-n6c7ccccc7c7ccccc76)cc5)cc4)c4ccc(-c5ccc6ccccc6c5)cc4)cc3)c21. The van der Waals surface area contributed by atoms with Gasteiger partial charge in [-0.25, -0.2) is 0 Å². The zero-order chi connectivity index (χ0) is 46.1. The average Bonchev–Trinajstić information content (AvgIpc) is 3.87. The van der Waals surface area contributed by atoms with E-state index in [9.17, 15) is 0 Å². The van der Waals surface area contributed by atoms with E-state index in [1.807, 2.05) is 0 Å². The van der Waals surface area contributed by atoms with E-state index in [4.69, 9.17) is 0 Å². The molecule has 0 atom stereocenters. The van der Waals surface area contributed by atoms with Gasteiger partial charge >= 0.3 is 0 Å². The molecule has 13 rings (SSSR count). The maximum Gasteiger partial charge on any atom is 0.0541 e. The third-order valence-corrected chi connectivity index (χ3v) is 14.6. The Bertz CT molecular complexity index is 3840. The van der Waals surface area contributed by atoms with E-state index in [1.165, 1.54) is 105 Å². The van der Waals surface area contributed by atoms with Crippen LogP contribution in [0.3, 0.4) is 0 Å². The van der Waals surface area contributed by atoms with Crippen LogP contribution in [-0.4, -0.2) is 4.57 Å². The number of aromatic nitrogens is 1. The van der Waals surface area contributed by atoms with E-state index >= 15 is 0 Å². The summed E-state index contributed by atoms with van der Waals surface area (Å²) in [6, 6.07) is 93.5. The van der Waals surface area contributed by atoms with E-state index in [0.717, 1.165) is 17.1 Å². The maximum absolute atomic E-state index is 2.41. The van der Waals surface area contributed by atoms with E-state index in [-0.39, 0.29) is 5.41 Å². The molecule has 2 nitrogen and oxygen atoms in total. The number of anilines is 3. The Morgan fingerprint density at radius 3 is 1.41 bits per heavy atom. The zero-order valence-electron chi connectivity index (χ0n) is 38.6. The first-order valence-electron chi connectivity index (χ1n) is 24.0. The summed E-state index contributed by atoms with van der Waals surface area (Å²) in [6.45, 7) is 4.73. The van der Waals surface area contributed by atoms with Crippen molar-refractivity contribution in [1.29, 1.82) is 0 Å². The second kappa shape index (κ2) is 16.3. The van der Waals surface area contributed by atoms with E-state index in [1.54, 1.807) is 0 Å². The van der Waals surface area contributed by atoms with Gasteiger partial charge in [-0.15, -0.1) is 0 Å². The molecular weight excluding hydrogens is 833 g/mol. The first-order valence-corrected chi connectivity index (χ1v) is 24.0. The predicted octanol–water partition coefficient (Wildman–Crippen LogP) is 18.4. The summed E-state index contributed by atoms with van der Waals surface area (Å²) in [6.07, 6.45) is 0. The topological polar surface area (TPSA) is 8.17 Å². The fourth-order valence-corrected chi connectivity index (χ4v) is 11.2. The van der Waals surface area contributed by atoms with Crippen LogP contribution in [0, 0.1) is 0 Å². The highest BCUT2D eigenvalue weighted by Gasteiger charge is 2.37. The van der Waals surface area contributed by atoms with E-state index in [2.05, 4.69) is 278 Å². The fourth-order valence-electron chi connectivity index (χ4n) is 11.2. The largest absolute Gasteiger partial charge is 0.311 e. The molecule has 0 saturated heterocycles. The molecule has 11 aromatic carbocycles. The number of benzene rings is 11. The van der Waals surface area contributed by atoms with Crippen LogP contribution in [0.4, 0.5) is 17.1 Å². The van der Waals surface area contributed by atoms with Gasteiger partial charge in [0.25, 0.3) is 0 Å². The number of nitrogens with zero attached hydrogens (tertiary/aromatic N) is 2. The molecule has 1 heterocycles. The van der Waals surface area contributed by atoms with E-state index in [0.29, 0.717) is 0 Å². The van der Waals surface area contributed by atoms with Gasteiger partial charge < -0.3 is 9.47 Å². The highest BCUT2D eigenvalue weighted by molar-refractivity contribution is 6.09. The Balaban J connectivity index is 0.847. The summed E-state index contributed by atoms with van der Waals surface area (Å²) in [5.74, 6) is 0. The monoisotopic (exact) mass is 880 g/mol. The molecular formula is C67H48N2. The van der Waals surface area contributed by atoms with Crippen LogP contribution in [0.5, 0.6) is 0 Å². The molecule has 0 saturated carbocycles. The highest BCUT2D eigenvalue weighted by Crippen LogP contribution is 2.52. The number of hydrogen-bond acceptors (Lipinski definition) is 1. The molecule has 1 aliphatic rings. The lowest BCUT2D eigenvalue weighted by Crippen LogP contribution is -2.16. The molecule has 0 fully saturated rings. The lowest BCUT2D eigenvalue weighted by molar-refractivity contribution is 0.662. The van der Waals surface area contributed by atoms with Crippen LogP contribution in [-0.2, 0) is 5.41 Å². The first kappa shape index (κ1) is 40.5. The van der Waals surface area contributed by atoms with Crippen molar-refractivity contribution in [3.05, 3.63) is 266 Å². The van der Waals surface area contributed by atoms with Crippen molar-refractivity contribution in [2.75, 3.05) is 4.90 Å². The molecule has 1 aliphatic carbocycles. The zero-order valence-corrected chi connectivity index (χ0v) is 38.6. The van der Waals surface area contributed by atoms with Crippen molar-refractivity contribution in [3.63, 3.8) is 0 Å². The third kappa shape index (κ3) is 6.79. The molecule has 0 unspecified atom stereocenters. The van der Waals surface area contributed by atoms with Crippen LogP contribution in [0.1, 0.15) is 25.0 Å². The van der Waals surface area contributed by atoms with Crippen LogP contribution in [0.25, 0.3) is 93.9 Å². The van der Waals surface area contributed by atoms with Gasteiger partial charge in [0.05, 0.1) is 16.7 Å². The minimum Gasteiger partial charge on any atom is -0.311 e. The lowest BCUT2D eigenvalue weighted by Gasteiger charge is -2.27. The average molecular weight is 881 g/mol. The summed E-state index contributed by atoms with van der Waals surface area (Å²) >= 11 is 0. The predicted molar refractivity (Wildman–Crippen MR) is 292 cm³/mol. The standard InChI is InChI=1S/C67H48N2/c1-67(2)62-22-9-5-17-58(62)61-21-13-20-57(66(61)67)50-36-42-55(43-37-50)68(54-40-34-48(35-41-54)52-31-28-45-14-3-4-15-51(45)44-52)53-38-32-47(33-39-53)46-26-29-49(30-27-46)56-16-6-10-23-63(56)69-64-24-11-7-18-59(64)60-19-8-12-25-65(60)69/h3-44H,1-2H3. The van der Waals surface area contributed by atoms with Gasteiger partial charge in [-0.2, -0.15) is 0 Å². The van der Waals surface area contributed by atoms with Gasteiger partial charge in [-0.3, -0.25) is 0 Å². The van der Waals surface area contributed by atoms with E-state index < -0.39 is 0 Å². The van der Waals surface area contributed by atoms with Gasteiger partial charge in [-0.1, -0.05) is 208 Å². The van der Waals surface area contributed by atoms with Crippen molar-refractivity contribution >= 4 is 49.6 Å². The van der Waals surface area contributed by atoms with Crippen LogP contribution < -0.4 is 4.90 Å². The van der Waals surface area contributed by atoms with Crippen molar-refractivity contribution < 1.29 is 0 Å². The molecule has 326 valence electrons. The molecule has 0 N–H and O–H groups in total. The molecule has 0 spiro atoms. The van der Waals surface area contributed by atoms with Gasteiger partial charge in [0.15, 0.2) is 0 Å². The van der Waals surface area contributed by atoms with Gasteiger partial charge in [-0.05, 0) is 133 Å². The quantitative estimate of drug-likeness (QED) is 0.148. The second-order valence-corrected chi connectivity index (χ2v) is 18.9. The van der Waals surface area contributed by atoms with Crippen molar-refractivity contribution in [1.82, 2.24) is 4.57 Å². The molecule has 0 bridgehead atoms. The maximum atomic E-state index is 2.41. The minimum absolute atomic E-state index is 0.0972. The molecule has 2 heteroatoms. The molecule has 0 aliphatic heterocycles. The second-order valence-electron chi connectivity index (χ2n) is 18.9. The Morgan fingerprint density at radius 2 is 0.754 bits per heavy atom. The summed E-state index contributed by atoms with van der Waals surface area (Å²) in [4.78, 5) is 2.38. The van der Waals surface area contributed by atoms with Crippen LogP contribution >= 0.6 is 0 Å². The molecule has 1 aromatic heterocycles. The van der Waals surface area contributed by atoms with Gasteiger partial charge in [0.1, 0.15) is 0 Å². The number of para-hydroxylation sites is 3. The van der Waals surface area contributed by atoms with Crippen molar-refractivity contribution in [2.24, 2.45) is 0 Å². The Morgan fingerprint density at radius 1 is 0.319 bits per heavy atom. The van der Waals surface area contributed by atoms with Gasteiger partial charge in [0.2, 0.25) is 0 Å². The van der Waals surface area contributed by atoms with Gasteiger partial charge in [0, 0.05) is 38.8 Å². The Labute approximate surface area is 403 Å². The summed E-state index contributed by atoms with van der Waals surface area (Å²) in [7, 11) is 0. The molecule has 0 radical (unpaired) electrons. The summed E-state index contributed by atoms with van der Waals surface area (Å²) in [5, 5.41) is 5.03. The lowest BCUT2D eigenvalue weighted by atomic mass is 9.79. The highest BCUT2D eigenvalue weighted by atomic mass is 15.1. The van der Waals surface area contributed by atoms with Crippen LogP contribution in [0.2, 0.25) is 0 Å². The smallest absolute Gasteiger partial charge is 0.0541 e. The van der Waals surface area contributed by atoms with Crippen LogP contribution in [0.15, 0.2) is 255 Å². The molecule has 0 amide bonds. The fraction of sp³-hybridized carbons (Fsp3) is 0.0448. The number of rotatable bonds is 8.